The van der Waals surface area contributed by atoms with E-state index in [4.69, 9.17) is 9.47 Å². The number of aromatic nitrogens is 3. The number of ether oxygens (including phenoxy) is 2. The Morgan fingerprint density at radius 3 is 2.88 bits per heavy atom. The minimum absolute atomic E-state index is 0.189. The lowest BCUT2D eigenvalue weighted by molar-refractivity contribution is 0.0992. The van der Waals surface area contributed by atoms with Gasteiger partial charge < -0.3 is 14.0 Å². The average Bonchev–Trinajstić information content (AvgIpc) is 3.32. The smallest absolute Gasteiger partial charge is 0.300 e. The number of benzene rings is 1. The highest BCUT2D eigenvalue weighted by Crippen LogP contribution is 2.36. The lowest BCUT2D eigenvalue weighted by Crippen LogP contribution is -2.16. The second-order valence-electron chi connectivity index (χ2n) is 6.15. The second-order valence-corrected chi connectivity index (χ2v) is 7.16. The van der Waals surface area contributed by atoms with Crippen LogP contribution in [0.3, 0.4) is 0 Å². The van der Waals surface area contributed by atoms with Crippen molar-refractivity contribution in [2.75, 3.05) is 6.79 Å². The maximum atomic E-state index is 12.6. The van der Waals surface area contributed by atoms with Crippen LogP contribution >= 0.6 is 11.3 Å². The van der Waals surface area contributed by atoms with E-state index in [1.54, 1.807) is 23.0 Å². The first-order valence-corrected chi connectivity index (χ1v) is 9.06. The van der Waals surface area contributed by atoms with Crippen molar-refractivity contribution in [1.82, 2.24) is 14.3 Å². The molecule has 0 fully saturated rings. The highest BCUT2D eigenvalue weighted by molar-refractivity contribution is 7.16. The number of thiazole rings is 1. The maximum absolute atomic E-state index is 12.6. The van der Waals surface area contributed by atoms with Crippen LogP contribution in [0.4, 0.5) is 0 Å². The van der Waals surface area contributed by atoms with Crippen molar-refractivity contribution < 1.29 is 14.3 Å². The molecule has 26 heavy (non-hydrogen) atoms. The summed E-state index contributed by atoms with van der Waals surface area (Å²) in [5, 5.41) is 4.29. The molecule has 3 aromatic rings. The van der Waals surface area contributed by atoms with Gasteiger partial charge in [0.1, 0.15) is 0 Å². The Bertz CT molecular complexity index is 1070. The third kappa shape index (κ3) is 2.82. The quantitative estimate of drug-likeness (QED) is 0.662. The van der Waals surface area contributed by atoms with Gasteiger partial charge in [-0.15, -0.1) is 6.58 Å². The lowest BCUT2D eigenvalue weighted by Gasteiger charge is -2.03. The number of rotatable bonds is 4. The van der Waals surface area contributed by atoms with Crippen molar-refractivity contribution >= 4 is 27.5 Å². The lowest BCUT2D eigenvalue weighted by atomic mass is 10.3. The topological polar surface area (TPSA) is 70.6 Å². The largest absolute Gasteiger partial charge is 0.454 e. The minimum atomic E-state index is -0.367. The molecule has 3 heterocycles. The third-order valence-corrected chi connectivity index (χ3v) is 5.08. The van der Waals surface area contributed by atoms with Gasteiger partial charge >= 0.3 is 0 Å². The fraction of sp³-hybridized carbons (Fsp3) is 0.278. The first kappa shape index (κ1) is 16.6. The van der Waals surface area contributed by atoms with Crippen LogP contribution in [0.15, 0.2) is 42.0 Å². The molecule has 0 unspecified atom stereocenters. The van der Waals surface area contributed by atoms with E-state index in [0.717, 1.165) is 10.2 Å². The van der Waals surface area contributed by atoms with Gasteiger partial charge in [-0.1, -0.05) is 17.4 Å². The summed E-state index contributed by atoms with van der Waals surface area (Å²) < 4.78 is 15.5. The Kier molecular flexibility index (Phi) is 4.12. The highest BCUT2D eigenvalue weighted by Gasteiger charge is 2.18. The Balaban J connectivity index is 1.81. The van der Waals surface area contributed by atoms with E-state index >= 15 is 0 Å². The predicted molar refractivity (Wildman–Crippen MR) is 98.6 cm³/mol. The molecule has 1 aliphatic rings. The molecule has 0 saturated heterocycles. The first-order valence-electron chi connectivity index (χ1n) is 8.25. The fourth-order valence-corrected chi connectivity index (χ4v) is 3.78. The van der Waals surface area contributed by atoms with Crippen LogP contribution in [0.25, 0.3) is 10.2 Å². The third-order valence-electron chi connectivity index (χ3n) is 4.04. The van der Waals surface area contributed by atoms with Crippen LogP contribution in [-0.2, 0) is 6.54 Å². The maximum Gasteiger partial charge on any atom is 0.300 e. The van der Waals surface area contributed by atoms with Gasteiger partial charge in [0, 0.05) is 30.9 Å². The fourth-order valence-electron chi connectivity index (χ4n) is 2.73. The molecule has 0 spiro atoms. The predicted octanol–water partition coefficient (Wildman–Crippen LogP) is 3.14. The normalized spacial score (nSPS) is 13.7. The molecular weight excluding hydrogens is 352 g/mol. The summed E-state index contributed by atoms with van der Waals surface area (Å²) in [6, 6.07) is 5.70. The highest BCUT2D eigenvalue weighted by atomic mass is 32.1. The molecule has 8 heteroatoms. The van der Waals surface area contributed by atoms with Crippen LogP contribution in [0.1, 0.15) is 30.4 Å². The van der Waals surface area contributed by atoms with Gasteiger partial charge in [-0.2, -0.15) is 10.1 Å². The zero-order valence-corrected chi connectivity index (χ0v) is 15.3. The number of nitrogens with zero attached hydrogens (tertiary/aromatic N) is 4. The Hall–Kier alpha value is -2.87. The first-order chi connectivity index (χ1) is 12.6. The van der Waals surface area contributed by atoms with Crippen LogP contribution in [0.2, 0.25) is 0 Å². The number of hydrogen-bond acceptors (Lipinski definition) is 5. The van der Waals surface area contributed by atoms with E-state index < -0.39 is 0 Å². The van der Waals surface area contributed by atoms with Crippen molar-refractivity contribution in [3.05, 3.63) is 47.5 Å². The van der Waals surface area contributed by atoms with Gasteiger partial charge in [-0.25, -0.2) is 0 Å². The van der Waals surface area contributed by atoms with Crippen LogP contribution in [-0.4, -0.2) is 27.0 Å². The van der Waals surface area contributed by atoms with Crippen LogP contribution in [0, 0.1) is 0 Å². The zero-order valence-electron chi connectivity index (χ0n) is 14.5. The van der Waals surface area contributed by atoms with Gasteiger partial charge in [0.15, 0.2) is 22.0 Å². The minimum Gasteiger partial charge on any atom is -0.454 e. The van der Waals surface area contributed by atoms with E-state index in [9.17, 15) is 4.79 Å². The molecule has 0 radical (unpaired) electrons. The number of fused-ring (bicyclic) bond motifs is 2. The molecule has 4 rings (SSSR count). The molecule has 1 aromatic carbocycles. The molecule has 0 aliphatic carbocycles. The van der Waals surface area contributed by atoms with E-state index in [2.05, 4.69) is 16.7 Å². The number of carbonyl (C=O) groups excluding carboxylic acids is 1. The number of hydrogen-bond donors (Lipinski definition) is 0. The summed E-state index contributed by atoms with van der Waals surface area (Å²) in [5.41, 5.74) is 1.26. The molecule has 1 amide bonds. The Labute approximate surface area is 153 Å². The molecule has 1 aliphatic heterocycles. The Morgan fingerprint density at radius 1 is 1.42 bits per heavy atom. The number of carbonyl (C=O) groups is 1. The zero-order chi connectivity index (χ0) is 18.3. The molecule has 0 bridgehead atoms. The standard InChI is InChI=1S/C18H18N4O3S/c1-4-6-21-13-8-14-15(25-10-24-14)9-16(13)26-18(21)19-17(23)12-5-7-22(20-12)11(2)3/h4-5,7-9,11H,1,6,10H2,2-3H3. The summed E-state index contributed by atoms with van der Waals surface area (Å²) >= 11 is 1.42. The molecule has 0 atom stereocenters. The van der Waals surface area contributed by atoms with E-state index in [0.29, 0.717) is 28.5 Å². The van der Waals surface area contributed by atoms with Crippen LogP contribution in [0.5, 0.6) is 11.5 Å². The van der Waals surface area contributed by atoms with Gasteiger partial charge in [0.25, 0.3) is 5.91 Å². The monoisotopic (exact) mass is 370 g/mol. The summed E-state index contributed by atoms with van der Waals surface area (Å²) in [5.74, 6) is 1.04. The second kappa shape index (κ2) is 6.45. The summed E-state index contributed by atoms with van der Waals surface area (Å²) in [4.78, 5) is 17.4. The van der Waals surface area contributed by atoms with Crippen molar-refractivity contribution in [1.29, 1.82) is 0 Å². The van der Waals surface area contributed by atoms with E-state index in [-0.39, 0.29) is 18.7 Å². The van der Waals surface area contributed by atoms with Crippen molar-refractivity contribution in [2.45, 2.75) is 26.4 Å². The van der Waals surface area contributed by atoms with Gasteiger partial charge in [-0.05, 0) is 19.9 Å². The number of amides is 1. The van der Waals surface area contributed by atoms with Crippen molar-refractivity contribution in [2.24, 2.45) is 4.99 Å². The van der Waals surface area contributed by atoms with Gasteiger partial charge in [-0.3, -0.25) is 9.48 Å². The summed E-state index contributed by atoms with van der Waals surface area (Å²) in [7, 11) is 0. The molecule has 0 N–H and O–H groups in total. The van der Waals surface area contributed by atoms with Crippen LogP contribution < -0.4 is 14.3 Å². The molecule has 2 aromatic heterocycles. The van der Waals surface area contributed by atoms with E-state index in [1.807, 2.05) is 30.5 Å². The molecule has 134 valence electrons. The number of allylic oxidation sites excluding steroid dienone is 1. The van der Waals surface area contributed by atoms with Gasteiger partial charge in [0.2, 0.25) is 6.79 Å². The molecule has 0 saturated carbocycles. The van der Waals surface area contributed by atoms with Crippen molar-refractivity contribution in [3.63, 3.8) is 0 Å². The van der Waals surface area contributed by atoms with Crippen molar-refractivity contribution in [3.8, 4) is 11.5 Å². The summed E-state index contributed by atoms with van der Waals surface area (Å²) in [6.45, 7) is 8.57. The van der Waals surface area contributed by atoms with Gasteiger partial charge in [0.05, 0.1) is 10.2 Å². The Morgan fingerprint density at radius 2 is 2.19 bits per heavy atom. The molecule has 7 nitrogen and oxygen atoms in total. The average molecular weight is 370 g/mol. The SMILES string of the molecule is C=CCn1c(=NC(=O)c2ccn(C(C)C)n2)sc2cc3c(cc21)OCO3. The summed E-state index contributed by atoms with van der Waals surface area (Å²) in [6.07, 6.45) is 3.56. The van der Waals surface area contributed by atoms with E-state index in [1.165, 1.54) is 11.3 Å². The molecular formula is C18H18N4O3S.